The Labute approximate surface area is 179 Å². The maximum absolute atomic E-state index is 11.7. The Hall–Kier alpha value is -2.48. The number of nitrogens with one attached hydrogen (secondary N) is 1. The number of ether oxygens (including phenoxy) is 1. The van der Waals surface area contributed by atoms with Gasteiger partial charge in [-0.05, 0) is 25.8 Å². The van der Waals surface area contributed by atoms with E-state index < -0.39 is 0 Å². The van der Waals surface area contributed by atoms with Gasteiger partial charge in [0.2, 0.25) is 11.8 Å². The molecule has 0 unspecified atom stereocenters. The highest BCUT2D eigenvalue weighted by atomic mass is 32.1. The molecule has 1 saturated carbocycles. The van der Waals surface area contributed by atoms with Gasteiger partial charge in [-0.15, -0.1) is 11.3 Å². The molecule has 1 amide bonds. The molecule has 2 atom stereocenters. The van der Waals surface area contributed by atoms with Crippen molar-refractivity contribution in [2.75, 3.05) is 6.54 Å². The molecule has 3 aromatic rings. The quantitative estimate of drug-likeness (QED) is 0.666. The molecule has 30 heavy (non-hydrogen) atoms. The monoisotopic (exact) mass is 425 g/mol. The summed E-state index contributed by atoms with van der Waals surface area (Å²) in [4.78, 5) is 26.9. The summed E-state index contributed by atoms with van der Waals surface area (Å²) in [6.45, 7) is 9.16. The van der Waals surface area contributed by atoms with Gasteiger partial charge in [-0.2, -0.15) is 0 Å². The standard InChI is InChI=1S/C22H27N5O2S/c1-12(13-7-18(28)23-9-13)29-20-19-16(25-11-27(19)14-5-6-14)8-15(26-20)17-10-24-21(30-17)22(2,3)4/h8,10-14H,5-7,9H2,1-4H3,(H,23,28)/t12-,13-/m1/s1. The lowest BCUT2D eigenvalue weighted by Crippen LogP contribution is -2.26. The molecular formula is C22H27N5O2S. The van der Waals surface area contributed by atoms with Crippen molar-refractivity contribution in [3.05, 3.63) is 23.6 Å². The number of carbonyl (C=O) groups excluding carboxylic acids is 1. The average Bonchev–Trinajstić information content (AvgIpc) is 3.10. The van der Waals surface area contributed by atoms with E-state index in [9.17, 15) is 4.79 Å². The van der Waals surface area contributed by atoms with Crippen LogP contribution in [-0.2, 0) is 10.2 Å². The fourth-order valence-electron chi connectivity index (χ4n) is 3.83. The molecule has 0 bridgehead atoms. The fraction of sp³-hybridized carbons (Fsp3) is 0.545. The van der Waals surface area contributed by atoms with Crippen LogP contribution >= 0.6 is 11.3 Å². The molecule has 1 aliphatic heterocycles. The number of fused-ring (bicyclic) bond motifs is 1. The Morgan fingerprint density at radius 1 is 1.30 bits per heavy atom. The average molecular weight is 426 g/mol. The van der Waals surface area contributed by atoms with Crippen LogP contribution in [0.2, 0.25) is 0 Å². The summed E-state index contributed by atoms with van der Waals surface area (Å²) >= 11 is 1.66. The number of rotatable bonds is 5. The first-order valence-corrected chi connectivity index (χ1v) is 11.4. The van der Waals surface area contributed by atoms with E-state index in [0.717, 1.165) is 39.5 Å². The molecule has 4 heterocycles. The van der Waals surface area contributed by atoms with Gasteiger partial charge in [-0.25, -0.2) is 15.0 Å². The zero-order chi connectivity index (χ0) is 21.0. The van der Waals surface area contributed by atoms with Gasteiger partial charge < -0.3 is 14.6 Å². The molecule has 158 valence electrons. The third-order valence-corrected chi connectivity index (χ3v) is 7.28. The number of carbonyl (C=O) groups is 1. The van der Waals surface area contributed by atoms with Gasteiger partial charge in [-0.3, -0.25) is 4.79 Å². The molecule has 2 fully saturated rings. The number of hydrogen-bond donors (Lipinski definition) is 1. The Morgan fingerprint density at radius 3 is 2.73 bits per heavy atom. The molecule has 7 nitrogen and oxygen atoms in total. The second kappa shape index (κ2) is 7.04. The van der Waals surface area contributed by atoms with Crippen LogP contribution in [0.4, 0.5) is 0 Å². The van der Waals surface area contributed by atoms with Gasteiger partial charge in [0, 0.05) is 36.5 Å². The van der Waals surface area contributed by atoms with E-state index in [-0.39, 0.29) is 23.3 Å². The van der Waals surface area contributed by atoms with Crippen molar-refractivity contribution in [1.82, 2.24) is 24.8 Å². The third kappa shape index (κ3) is 3.57. The van der Waals surface area contributed by atoms with E-state index in [1.54, 1.807) is 11.3 Å². The SMILES string of the molecule is C[C@@H](Oc1nc(-c2cnc(C(C)(C)C)s2)cc2ncn(C3CC3)c12)[C@H]1CNC(=O)C1. The summed E-state index contributed by atoms with van der Waals surface area (Å²) in [7, 11) is 0. The van der Waals surface area contributed by atoms with Crippen LogP contribution in [0.15, 0.2) is 18.6 Å². The topological polar surface area (TPSA) is 81.9 Å². The zero-order valence-corrected chi connectivity index (χ0v) is 18.6. The van der Waals surface area contributed by atoms with Crippen molar-refractivity contribution in [3.8, 4) is 16.5 Å². The van der Waals surface area contributed by atoms with Crippen LogP contribution in [0.5, 0.6) is 5.88 Å². The van der Waals surface area contributed by atoms with Crippen molar-refractivity contribution in [2.24, 2.45) is 5.92 Å². The Balaban J connectivity index is 1.55. The minimum atomic E-state index is -0.121. The summed E-state index contributed by atoms with van der Waals surface area (Å²) in [5.74, 6) is 0.834. The predicted molar refractivity (Wildman–Crippen MR) is 117 cm³/mol. The molecule has 8 heteroatoms. The maximum atomic E-state index is 11.7. The lowest BCUT2D eigenvalue weighted by Gasteiger charge is -2.20. The van der Waals surface area contributed by atoms with Crippen molar-refractivity contribution in [3.63, 3.8) is 0 Å². The summed E-state index contributed by atoms with van der Waals surface area (Å²) in [5, 5.41) is 3.98. The minimum Gasteiger partial charge on any atom is -0.473 e. The minimum absolute atomic E-state index is 0.00355. The largest absolute Gasteiger partial charge is 0.473 e. The van der Waals surface area contributed by atoms with Gasteiger partial charge in [-0.1, -0.05) is 20.8 Å². The number of thiazole rings is 1. The van der Waals surface area contributed by atoms with Gasteiger partial charge in [0.1, 0.15) is 11.6 Å². The molecule has 1 aliphatic carbocycles. The van der Waals surface area contributed by atoms with E-state index >= 15 is 0 Å². The fourth-order valence-corrected chi connectivity index (χ4v) is 4.77. The molecule has 3 aromatic heterocycles. The first-order chi connectivity index (χ1) is 14.3. The molecule has 1 N–H and O–H groups in total. The second-order valence-electron chi connectivity index (χ2n) is 9.43. The summed E-state index contributed by atoms with van der Waals surface area (Å²) in [5.41, 5.74) is 2.67. The van der Waals surface area contributed by atoms with Gasteiger partial charge >= 0.3 is 0 Å². The third-order valence-electron chi connectivity index (χ3n) is 5.83. The van der Waals surface area contributed by atoms with Gasteiger partial charge in [0.15, 0.2) is 0 Å². The molecule has 0 radical (unpaired) electrons. The van der Waals surface area contributed by atoms with E-state index in [1.807, 2.05) is 25.5 Å². The second-order valence-corrected chi connectivity index (χ2v) is 10.5. The summed E-state index contributed by atoms with van der Waals surface area (Å²) in [6.07, 6.45) is 6.49. The van der Waals surface area contributed by atoms with Crippen molar-refractivity contribution >= 4 is 28.3 Å². The van der Waals surface area contributed by atoms with E-state index in [2.05, 4.69) is 40.6 Å². The van der Waals surface area contributed by atoms with E-state index in [1.165, 1.54) is 0 Å². The number of imidazole rings is 1. The number of hydrogen-bond acceptors (Lipinski definition) is 6. The smallest absolute Gasteiger partial charge is 0.241 e. The van der Waals surface area contributed by atoms with Crippen LogP contribution in [0.3, 0.4) is 0 Å². The highest BCUT2D eigenvalue weighted by Crippen LogP contribution is 2.41. The van der Waals surface area contributed by atoms with E-state index in [0.29, 0.717) is 24.9 Å². The summed E-state index contributed by atoms with van der Waals surface area (Å²) < 4.78 is 8.59. The molecule has 2 aliphatic rings. The van der Waals surface area contributed by atoms with Crippen LogP contribution in [-0.4, -0.2) is 38.1 Å². The highest BCUT2D eigenvalue weighted by Gasteiger charge is 2.31. The maximum Gasteiger partial charge on any atom is 0.241 e. The predicted octanol–water partition coefficient (Wildman–Crippen LogP) is 4.09. The van der Waals surface area contributed by atoms with Crippen molar-refractivity contribution in [2.45, 2.75) is 64.5 Å². The van der Waals surface area contributed by atoms with Crippen LogP contribution in [0.25, 0.3) is 21.6 Å². The number of amides is 1. The van der Waals surface area contributed by atoms with Crippen LogP contribution in [0.1, 0.15) is 58.0 Å². The van der Waals surface area contributed by atoms with Gasteiger partial charge in [0.05, 0.1) is 27.4 Å². The Kier molecular flexibility index (Phi) is 4.57. The molecular weight excluding hydrogens is 398 g/mol. The van der Waals surface area contributed by atoms with Gasteiger partial charge in [0.25, 0.3) is 0 Å². The Morgan fingerprint density at radius 2 is 2.10 bits per heavy atom. The van der Waals surface area contributed by atoms with Crippen molar-refractivity contribution in [1.29, 1.82) is 0 Å². The first-order valence-electron chi connectivity index (χ1n) is 10.6. The highest BCUT2D eigenvalue weighted by molar-refractivity contribution is 7.15. The van der Waals surface area contributed by atoms with Crippen molar-refractivity contribution < 1.29 is 9.53 Å². The molecule has 0 spiro atoms. The number of nitrogens with zero attached hydrogens (tertiary/aromatic N) is 4. The first kappa shape index (κ1) is 19.5. The van der Waals surface area contributed by atoms with E-state index in [4.69, 9.17) is 9.72 Å². The number of pyridine rings is 1. The lowest BCUT2D eigenvalue weighted by atomic mass is 9.98. The zero-order valence-electron chi connectivity index (χ0n) is 17.8. The molecule has 5 rings (SSSR count). The molecule has 1 saturated heterocycles. The number of aromatic nitrogens is 4. The van der Waals surface area contributed by atoms with Crippen LogP contribution in [0, 0.1) is 5.92 Å². The normalized spacial score (nSPS) is 20.5. The summed E-state index contributed by atoms with van der Waals surface area (Å²) in [6, 6.07) is 2.51. The van der Waals surface area contributed by atoms with Crippen LogP contribution < -0.4 is 10.1 Å². The lowest BCUT2D eigenvalue weighted by molar-refractivity contribution is -0.119. The Bertz CT molecular complexity index is 1110. The molecule has 0 aromatic carbocycles.